The molecule has 37 heavy (non-hydrogen) atoms. The lowest BCUT2D eigenvalue weighted by atomic mass is 9.85. The van der Waals surface area contributed by atoms with Gasteiger partial charge in [-0.25, -0.2) is 4.79 Å². The van der Waals surface area contributed by atoms with E-state index in [1.165, 1.54) is 14.0 Å². The van der Waals surface area contributed by atoms with E-state index in [9.17, 15) is 19.2 Å². The van der Waals surface area contributed by atoms with Crippen LogP contribution in [0.5, 0.6) is 5.75 Å². The average Bonchev–Trinajstić information content (AvgIpc) is 2.87. The highest BCUT2D eigenvalue weighted by molar-refractivity contribution is 6.24. The Hall–Kier alpha value is -3.42. The van der Waals surface area contributed by atoms with Crippen LogP contribution in [-0.4, -0.2) is 37.3 Å². The number of rotatable bonds is 15. The summed E-state index contributed by atoms with van der Waals surface area (Å²) in [6.07, 6.45) is 8.30. The number of Topliss-reactive ketones (excluding diaryl/α,β-unsaturated/α-hetero) is 2. The van der Waals surface area contributed by atoms with Crippen molar-refractivity contribution in [3.8, 4) is 5.75 Å². The molecule has 0 aromatic heterocycles. The number of amides is 1. The smallest absolute Gasteiger partial charge is 0.492 e. The molecule has 0 heterocycles. The van der Waals surface area contributed by atoms with E-state index >= 15 is 0 Å². The molecule has 0 fully saturated rings. The van der Waals surface area contributed by atoms with Gasteiger partial charge in [-0.3, -0.25) is 14.4 Å². The SMILES string of the molecule is CCC1=C(OC)C(=O)C(CCCCCCCCCCOC(=O)Oc2ccc(NC(C)=O)cc2)=C(C)C1=O. The number of benzene rings is 1. The third-order valence-electron chi connectivity index (χ3n) is 6.30. The van der Waals surface area contributed by atoms with Crippen LogP contribution in [0, 0.1) is 0 Å². The molecule has 1 aromatic carbocycles. The Morgan fingerprint density at radius 1 is 0.838 bits per heavy atom. The lowest BCUT2D eigenvalue weighted by Gasteiger charge is -2.20. The van der Waals surface area contributed by atoms with Crippen molar-refractivity contribution in [2.75, 3.05) is 19.0 Å². The number of carbonyl (C=O) groups excluding carboxylic acids is 4. The zero-order valence-electron chi connectivity index (χ0n) is 22.4. The van der Waals surface area contributed by atoms with Crippen LogP contribution in [0.1, 0.15) is 85.0 Å². The third kappa shape index (κ3) is 9.52. The Bertz CT molecular complexity index is 1020. The minimum atomic E-state index is -0.741. The van der Waals surface area contributed by atoms with Crippen LogP contribution in [0.2, 0.25) is 0 Å². The average molecular weight is 514 g/mol. The van der Waals surface area contributed by atoms with Gasteiger partial charge in [-0.05, 0) is 56.9 Å². The van der Waals surface area contributed by atoms with E-state index in [0.717, 1.165) is 51.4 Å². The predicted octanol–water partition coefficient (Wildman–Crippen LogP) is 6.45. The number of hydrogen-bond acceptors (Lipinski definition) is 7. The number of ketones is 2. The maximum Gasteiger partial charge on any atom is 0.513 e. The summed E-state index contributed by atoms with van der Waals surface area (Å²) in [6, 6.07) is 6.48. The standard InChI is InChI=1S/C29H39NO7/c1-5-24-26(32)20(2)25(27(33)28(24)35-4)14-12-10-8-6-7-9-11-13-19-36-29(34)37-23-17-15-22(16-18-23)30-21(3)31/h15-18H,5-14,19H2,1-4H3,(H,30,31). The third-order valence-corrected chi connectivity index (χ3v) is 6.30. The molecule has 0 saturated carbocycles. The minimum Gasteiger partial charge on any atom is -0.492 e. The summed E-state index contributed by atoms with van der Waals surface area (Å²) in [4.78, 5) is 48.0. The van der Waals surface area contributed by atoms with E-state index in [4.69, 9.17) is 14.2 Å². The quantitative estimate of drug-likeness (QED) is 0.124. The van der Waals surface area contributed by atoms with Crippen LogP contribution >= 0.6 is 0 Å². The molecule has 0 atom stereocenters. The van der Waals surface area contributed by atoms with Crippen LogP contribution < -0.4 is 10.1 Å². The first-order chi connectivity index (χ1) is 17.8. The summed E-state index contributed by atoms with van der Waals surface area (Å²) in [5, 5.41) is 2.64. The number of nitrogens with one attached hydrogen (secondary N) is 1. The first kappa shape index (κ1) is 29.8. The van der Waals surface area contributed by atoms with Crippen molar-refractivity contribution in [1.29, 1.82) is 0 Å². The summed E-state index contributed by atoms with van der Waals surface area (Å²) in [5.41, 5.74) is 2.26. The van der Waals surface area contributed by atoms with E-state index < -0.39 is 6.16 Å². The monoisotopic (exact) mass is 513 g/mol. The Morgan fingerprint density at radius 3 is 2.00 bits per heavy atom. The Kier molecular flexibility index (Phi) is 12.6. The van der Waals surface area contributed by atoms with E-state index in [2.05, 4.69) is 5.32 Å². The van der Waals surface area contributed by atoms with Gasteiger partial charge in [-0.2, -0.15) is 0 Å². The van der Waals surface area contributed by atoms with Crippen LogP contribution in [0.4, 0.5) is 10.5 Å². The Labute approximate surface area is 219 Å². The predicted molar refractivity (Wildman–Crippen MR) is 141 cm³/mol. The first-order valence-electron chi connectivity index (χ1n) is 13.1. The molecule has 1 aliphatic carbocycles. The summed E-state index contributed by atoms with van der Waals surface area (Å²) in [5.74, 6) is 0.191. The van der Waals surface area contributed by atoms with E-state index in [-0.39, 0.29) is 23.2 Å². The number of carbonyl (C=O) groups is 4. The van der Waals surface area contributed by atoms with Crippen molar-refractivity contribution >= 4 is 29.3 Å². The highest BCUT2D eigenvalue weighted by Gasteiger charge is 2.31. The second-order valence-electron chi connectivity index (χ2n) is 9.11. The Morgan fingerprint density at radius 2 is 1.43 bits per heavy atom. The fourth-order valence-electron chi connectivity index (χ4n) is 4.30. The van der Waals surface area contributed by atoms with E-state index in [1.54, 1.807) is 31.2 Å². The van der Waals surface area contributed by atoms with Crippen molar-refractivity contribution in [3.05, 3.63) is 46.7 Å². The zero-order chi connectivity index (χ0) is 27.2. The normalized spacial score (nSPS) is 13.6. The molecule has 0 bridgehead atoms. The fourth-order valence-corrected chi connectivity index (χ4v) is 4.30. The van der Waals surface area contributed by atoms with Crippen LogP contribution in [-0.2, 0) is 23.9 Å². The molecule has 8 nitrogen and oxygen atoms in total. The molecular weight excluding hydrogens is 474 g/mol. The number of ether oxygens (including phenoxy) is 3. The maximum atomic E-state index is 12.7. The first-order valence-corrected chi connectivity index (χ1v) is 13.1. The number of unbranched alkanes of at least 4 members (excludes halogenated alkanes) is 7. The van der Waals surface area contributed by atoms with E-state index in [1.807, 2.05) is 6.92 Å². The Balaban J connectivity index is 1.52. The van der Waals surface area contributed by atoms with Gasteiger partial charge in [0.15, 0.2) is 11.5 Å². The van der Waals surface area contributed by atoms with Gasteiger partial charge < -0.3 is 19.5 Å². The topological polar surface area (TPSA) is 108 Å². The van der Waals surface area contributed by atoms with Crippen molar-refractivity contribution in [1.82, 2.24) is 0 Å². The highest BCUT2D eigenvalue weighted by atomic mass is 16.7. The fraction of sp³-hybridized carbons (Fsp3) is 0.517. The molecule has 8 heteroatoms. The van der Waals surface area contributed by atoms with Crippen molar-refractivity contribution in [2.45, 2.75) is 85.0 Å². The van der Waals surface area contributed by atoms with E-state index in [0.29, 0.717) is 47.6 Å². The maximum absolute atomic E-state index is 12.7. The summed E-state index contributed by atoms with van der Waals surface area (Å²) < 4.78 is 15.5. The summed E-state index contributed by atoms with van der Waals surface area (Å²) >= 11 is 0. The molecule has 1 aliphatic rings. The van der Waals surface area contributed by atoms with Gasteiger partial charge in [-0.1, -0.05) is 45.4 Å². The van der Waals surface area contributed by atoms with Gasteiger partial charge in [0.05, 0.1) is 13.7 Å². The molecular formula is C29H39NO7. The lowest BCUT2D eigenvalue weighted by Crippen LogP contribution is -2.24. The number of methoxy groups -OCH3 is 1. The highest BCUT2D eigenvalue weighted by Crippen LogP contribution is 2.30. The van der Waals surface area contributed by atoms with Gasteiger partial charge >= 0.3 is 6.16 Å². The summed E-state index contributed by atoms with van der Waals surface area (Å²) in [6.45, 7) is 5.33. The van der Waals surface area contributed by atoms with Gasteiger partial charge in [0.1, 0.15) is 5.75 Å². The van der Waals surface area contributed by atoms with Crippen LogP contribution in [0.3, 0.4) is 0 Å². The molecule has 1 N–H and O–H groups in total. The number of anilines is 1. The lowest BCUT2D eigenvalue weighted by molar-refractivity contribution is -0.119. The molecule has 0 aliphatic heterocycles. The zero-order valence-corrected chi connectivity index (χ0v) is 22.4. The molecule has 1 amide bonds. The molecule has 1 aromatic rings. The van der Waals surface area contributed by atoms with Gasteiger partial charge in [-0.15, -0.1) is 0 Å². The van der Waals surface area contributed by atoms with Crippen molar-refractivity contribution in [3.63, 3.8) is 0 Å². The summed E-state index contributed by atoms with van der Waals surface area (Å²) in [7, 11) is 1.45. The molecule has 2 rings (SSSR count). The van der Waals surface area contributed by atoms with Crippen molar-refractivity contribution < 1.29 is 33.4 Å². The molecule has 0 radical (unpaired) electrons. The van der Waals surface area contributed by atoms with Crippen LogP contribution in [0.25, 0.3) is 0 Å². The molecule has 0 unspecified atom stereocenters. The van der Waals surface area contributed by atoms with Crippen LogP contribution in [0.15, 0.2) is 46.7 Å². The molecule has 0 spiro atoms. The van der Waals surface area contributed by atoms with Crippen molar-refractivity contribution in [2.24, 2.45) is 0 Å². The number of allylic oxidation sites excluding steroid dienone is 3. The molecule has 0 saturated heterocycles. The number of hydrogen-bond donors (Lipinski definition) is 1. The largest absolute Gasteiger partial charge is 0.513 e. The molecule has 202 valence electrons. The van der Waals surface area contributed by atoms with Gasteiger partial charge in [0, 0.05) is 29.3 Å². The minimum absolute atomic E-state index is 0.0662. The second kappa shape index (κ2) is 15.6. The van der Waals surface area contributed by atoms with Gasteiger partial charge in [0.2, 0.25) is 11.7 Å². The van der Waals surface area contributed by atoms with Gasteiger partial charge in [0.25, 0.3) is 0 Å². The second-order valence-corrected chi connectivity index (χ2v) is 9.11.